The zero-order valence-electron chi connectivity index (χ0n) is 16.7. The Bertz CT molecular complexity index is 850. The molecule has 0 saturated carbocycles. The van der Waals surface area contributed by atoms with Crippen molar-refractivity contribution in [2.45, 2.75) is 20.8 Å². The van der Waals surface area contributed by atoms with E-state index in [0.29, 0.717) is 37.6 Å². The number of hydrogen-bond acceptors (Lipinski definition) is 4. The monoisotopic (exact) mass is 381 g/mol. The first-order chi connectivity index (χ1) is 13.4. The molecule has 1 aliphatic heterocycles. The van der Waals surface area contributed by atoms with Gasteiger partial charge in [-0.15, -0.1) is 0 Å². The molecule has 2 N–H and O–H groups in total. The van der Waals surface area contributed by atoms with Crippen molar-refractivity contribution in [2.24, 2.45) is 0 Å². The van der Waals surface area contributed by atoms with Crippen molar-refractivity contribution in [3.63, 3.8) is 0 Å². The largest absolute Gasteiger partial charge is 0.378 e. The molecule has 148 valence electrons. The number of morpholine rings is 1. The Morgan fingerprint density at radius 3 is 2.39 bits per heavy atom. The second kappa shape index (κ2) is 8.89. The number of ether oxygens (including phenoxy) is 1. The van der Waals surface area contributed by atoms with E-state index in [1.807, 2.05) is 13.8 Å². The summed E-state index contributed by atoms with van der Waals surface area (Å²) in [6.45, 7) is 8.58. The van der Waals surface area contributed by atoms with E-state index >= 15 is 0 Å². The lowest BCUT2D eigenvalue weighted by Gasteiger charge is -2.27. The van der Waals surface area contributed by atoms with Crippen LogP contribution in [0, 0.1) is 20.8 Å². The molecule has 0 aromatic heterocycles. The Hall–Kier alpha value is -2.86. The van der Waals surface area contributed by atoms with Gasteiger partial charge >= 0.3 is 0 Å². The number of carbonyl (C=O) groups is 2. The van der Waals surface area contributed by atoms with Crippen molar-refractivity contribution in [3.8, 4) is 0 Å². The molecule has 6 heteroatoms. The molecule has 1 fully saturated rings. The SMILES string of the molecule is Cc1cc(C)c(NCC(=O)Nc2cccc(C(=O)N3CCOCC3)c2)c(C)c1. The molecule has 0 atom stereocenters. The van der Waals surface area contributed by atoms with Crippen molar-refractivity contribution >= 4 is 23.2 Å². The zero-order chi connectivity index (χ0) is 20.1. The minimum absolute atomic E-state index is 0.0385. The number of nitrogens with one attached hydrogen (secondary N) is 2. The molecule has 6 nitrogen and oxygen atoms in total. The summed E-state index contributed by atoms with van der Waals surface area (Å²) in [4.78, 5) is 26.7. The normalized spacial score (nSPS) is 13.9. The number of hydrogen-bond donors (Lipinski definition) is 2. The van der Waals surface area contributed by atoms with Crippen LogP contribution in [0.5, 0.6) is 0 Å². The lowest BCUT2D eigenvalue weighted by molar-refractivity contribution is -0.114. The molecular formula is C22H27N3O3. The maximum atomic E-state index is 12.6. The first-order valence-electron chi connectivity index (χ1n) is 9.52. The van der Waals surface area contributed by atoms with Gasteiger partial charge in [0.05, 0.1) is 19.8 Å². The van der Waals surface area contributed by atoms with Crippen molar-refractivity contribution in [1.82, 2.24) is 4.90 Å². The van der Waals surface area contributed by atoms with E-state index in [9.17, 15) is 9.59 Å². The first kappa shape index (κ1) is 19.9. The summed E-state index contributed by atoms with van der Waals surface area (Å²) in [7, 11) is 0. The highest BCUT2D eigenvalue weighted by Crippen LogP contribution is 2.21. The number of carbonyl (C=O) groups excluding carboxylic acids is 2. The highest BCUT2D eigenvalue weighted by Gasteiger charge is 2.18. The Balaban J connectivity index is 1.61. The van der Waals surface area contributed by atoms with E-state index in [2.05, 4.69) is 29.7 Å². The Labute approximate surface area is 165 Å². The van der Waals surface area contributed by atoms with Gasteiger partial charge in [-0.05, 0) is 50.1 Å². The molecular weight excluding hydrogens is 354 g/mol. The van der Waals surface area contributed by atoms with E-state index in [-0.39, 0.29) is 18.4 Å². The molecule has 0 bridgehead atoms. The molecule has 0 spiro atoms. The number of rotatable bonds is 5. The summed E-state index contributed by atoms with van der Waals surface area (Å²) in [6, 6.07) is 11.2. The molecule has 2 aromatic rings. The molecule has 2 aromatic carbocycles. The third kappa shape index (κ3) is 4.89. The molecule has 28 heavy (non-hydrogen) atoms. The number of nitrogens with zero attached hydrogens (tertiary/aromatic N) is 1. The van der Waals surface area contributed by atoms with Crippen LogP contribution in [-0.4, -0.2) is 49.6 Å². The van der Waals surface area contributed by atoms with Gasteiger partial charge in [-0.2, -0.15) is 0 Å². The summed E-state index contributed by atoms with van der Waals surface area (Å²) in [6.07, 6.45) is 0. The summed E-state index contributed by atoms with van der Waals surface area (Å²) in [5, 5.41) is 6.08. The van der Waals surface area contributed by atoms with Crippen molar-refractivity contribution < 1.29 is 14.3 Å². The second-order valence-corrected chi connectivity index (χ2v) is 7.16. The summed E-state index contributed by atoms with van der Waals surface area (Å²) < 4.78 is 5.29. The van der Waals surface area contributed by atoms with E-state index in [1.54, 1.807) is 29.2 Å². The lowest BCUT2D eigenvalue weighted by atomic mass is 10.1. The van der Waals surface area contributed by atoms with Crippen LogP contribution in [0.25, 0.3) is 0 Å². The smallest absolute Gasteiger partial charge is 0.254 e. The Morgan fingerprint density at radius 1 is 1.04 bits per heavy atom. The minimum Gasteiger partial charge on any atom is -0.378 e. The standard InChI is InChI=1S/C22H27N3O3/c1-15-11-16(2)21(17(3)12-15)23-14-20(26)24-19-6-4-5-18(13-19)22(27)25-7-9-28-10-8-25/h4-6,11-13,23H,7-10,14H2,1-3H3,(H,24,26). The maximum Gasteiger partial charge on any atom is 0.254 e. The fourth-order valence-electron chi connectivity index (χ4n) is 3.51. The fourth-order valence-corrected chi connectivity index (χ4v) is 3.51. The summed E-state index contributed by atoms with van der Waals surface area (Å²) >= 11 is 0. The van der Waals surface area contributed by atoms with Gasteiger partial charge in [0, 0.05) is 30.0 Å². The van der Waals surface area contributed by atoms with Crippen LogP contribution in [0.3, 0.4) is 0 Å². The zero-order valence-corrected chi connectivity index (χ0v) is 16.7. The van der Waals surface area contributed by atoms with Crippen LogP contribution < -0.4 is 10.6 Å². The predicted molar refractivity (Wildman–Crippen MR) is 111 cm³/mol. The van der Waals surface area contributed by atoms with Gasteiger partial charge in [0.25, 0.3) is 5.91 Å². The quantitative estimate of drug-likeness (QED) is 0.835. The van der Waals surface area contributed by atoms with E-state index in [4.69, 9.17) is 4.74 Å². The van der Waals surface area contributed by atoms with Gasteiger partial charge < -0.3 is 20.3 Å². The van der Waals surface area contributed by atoms with Crippen molar-refractivity contribution in [3.05, 3.63) is 58.7 Å². The second-order valence-electron chi connectivity index (χ2n) is 7.16. The van der Waals surface area contributed by atoms with Gasteiger partial charge in [-0.25, -0.2) is 0 Å². The van der Waals surface area contributed by atoms with E-state index in [0.717, 1.165) is 16.8 Å². The van der Waals surface area contributed by atoms with E-state index in [1.165, 1.54) is 5.56 Å². The van der Waals surface area contributed by atoms with Crippen LogP contribution in [0.1, 0.15) is 27.0 Å². The summed E-state index contributed by atoms with van der Waals surface area (Å²) in [5.41, 5.74) is 5.59. The van der Waals surface area contributed by atoms with Gasteiger partial charge in [0.2, 0.25) is 5.91 Å². The lowest BCUT2D eigenvalue weighted by Crippen LogP contribution is -2.40. The third-order valence-corrected chi connectivity index (χ3v) is 4.79. The predicted octanol–water partition coefficient (Wildman–Crippen LogP) is 3.13. The fraction of sp³-hybridized carbons (Fsp3) is 0.364. The molecule has 0 aliphatic carbocycles. The highest BCUT2D eigenvalue weighted by atomic mass is 16.5. The average molecular weight is 381 g/mol. The van der Waals surface area contributed by atoms with Gasteiger partial charge in [0.1, 0.15) is 0 Å². The van der Waals surface area contributed by atoms with E-state index < -0.39 is 0 Å². The maximum absolute atomic E-state index is 12.6. The Kier molecular flexibility index (Phi) is 6.31. The van der Waals surface area contributed by atoms with Crippen molar-refractivity contribution in [2.75, 3.05) is 43.5 Å². The summed E-state index contributed by atoms with van der Waals surface area (Å²) in [5.74, 6) is -0.196. The highest BCUT2D eigenvalue weighted by molar-refractivity contribution is 5.98. The molecule has 1 aliphatic rings. The minimum atomic E-state index is -0.157. The van der Waals surface area contributed by atoms with Crippen LogP contribution in [0.15, 0.2) is 36.4 Å². The molecule has 1 saturated heterocycles. The number of amides is 2. The van der Waals surface area contributed by atoms with Gasteiger partial charge in [-0.3, -0.25) is 9.59 Å². The number of anilines is 2. The molecule has 1 heterocycles. The average Bonchev–Trinajstić information content (AvgIpc) is 2.67. The van der Waals surface area contributed by atoms with Crippen LogP contribution in [-0.2, 0) is 9.53 Å². The number of benzene rings is 2. The molecule has 0 unspecified atom stereocenters. The first-order valence-corrected chi connectivity index (χ1v) is 9.52. The Morgan fingerprint density at radius 2 is 1.71 bits per heavy atom. The van der Waals surface area contributed by atoms with Crippen LogP contribution in [0.4, 0.5) is 11.4 Å². The third-order valence-electron chi connectivity index (χ3n) is 4.79. The number of aryl methyl sites for hydroxylation is 3. The van der Waals surface area contributed by atoms with Gasteiger partial charge in [-0.1, -0.05) is 23.8 Å². The van der Waals surface area contributed by atoms with Crippen molar-refractivity contribution in [1.29, 1.82) is 0 Å². The van der Waals surface area contributed by atoms with Gasteiger partial charge in [0.15, 0.2) is 0 Å². The topological polar surface area (TPSA) is 70.7 Å². The van der Waals surface area contributed by atoms with Crippen LogP contribution in [0.2, 0.25) is 0 Å². The van der Waals surface area contributed by atoms with Crippen LogP contribution >= 0.6 is 0 Å². The molecule has 2 amide bonds. The molecule has 3 rings (SSSR count). The molecule has 0 radical (unpaired) electrons.